The molecule has 0 aromatic carbocycles. The van der Waals surface area contributed by atoms with E-state index >= 15 is 0 Å². The maximum atomic E-state index is 12.5. The second-order valence-electron chi connectivity index (χ2n) is 6.07. The van der Waals surface area contributed by atoms with Gasteiger partial charge >= 0.3 is 5.97 Å². The first-order valence-electron chi connectivity index (χ1n) is 8.39. The molecular formula is C17H23N5O3. The van der Waals surface area contributed by atoms with E-state index in [9.17, 15) is 9.59 Å². The van der Waals surface area contributed by atoms with Gasteiger partial charge in [-0.15, -0.1) is 0 Å². The summed E-state index contributed by atoms with van der Waals surface area (Å²) in [7, 11) is 1.68. The number of nitrogens with one attached hydrogen (secondary N) is 1. The van der Waals surface area contributed by atoms with Crippen LogP contribution in [0.5, 0.6) is 0 Å². The molecule has 0 unspecified atom stereocenters. The minimum absolute atomic E-state index is 0.158. The number of carbonyl (C=O) groups excluding carboxylic acids is 2. The number of fused-ring (bicyclic) bond motifs is 1. The molecule has 3 heterocycles. The van der Waals surface area contributed by atoms with Crippen molar-refractivity contribution in [1.82, 2.24) is 19.2 Å². The number of ether oxygens (including phenoxy) is 1. The Morgan fingerprint density at radius 2 is 2.20 bits per heavy atom. The van der Waals surface area contributed by atoms with E-state index < -0.39 is 5.97 Å². The molecule has 8 heteroatoms. The van der Waals surface area contributed by atoms with E-state index in [1.54, 1.807) is 14.0 Å². The summed E-state index contributed by atoms with van der Waals surface area (Å²) in [6, 6.07) is 4.26. The Morgan fingerprint density at radius 1 is 1.40 bits per heavy atom. The van der Waals surface area contributed by atoms with Crippen LogP contribution in [0.4, 0.5) is 5.82 Å². The smallest absolute Gasteiger partial charge is 0.343 e. The minimum Gasteiger partial charge on any atom is -0.462 e. The number of anilines is 1. The number of aryl methyl sites for hydroxylation is 1. The SMILES string of the molecule is CCOC(=O)c1cnn(C)c1NC(=O)CN1CCn2cccc2[C@H]1C. The number of nitrogens with zero attached hydrogens (tertiary/aromatic N) is 4. The first-order chi connectivity index (χ1) is 12.0. The predicted octanol–water partition coefficient (Wildman–Crippen LogP) is 1.41. The van der Waals surface area contributed by atoms with Crippen molar-refractivity contribution in [2.24, 2.45) is 7.05 Å². The summed E-state index contributed by atoms with van der Waals surface area (Å²) < 4.78 is 8.68. The molecule has 1 aliphatic rings. The van der Waals surface area contributed by atoms with E-state index in [1.165, 1.54) is 16.6 Å². The van der Waals surface area contributed by atoms with Crippen molar-refractivity contribution in [1.29, 1.82) is 0 Å². The third-order valence-corrected chi connectivity index (χ3v) is 4.51. The van der Waals surface area contributed by atoms with Crippen LogP contribution in [-0.2, 0) is 23.1 Å². The van der Waals surface area contributed by atoms with Crippen molar-refractivity contribution in [2.45, 2.75) is 26.4 Å². The highest BCUT2D eigenvalue weighted by atomic mass is 16.5. The van der Waals surface area contributed by atoms with Crippen LogP contribution in [-0.4, -0.2) is 50.8 Å². The predicted molar refractivity (Wildman–Crippen MR) is 92.2 cm³/mol. The summed E-state index contributed by atoms with van der Waals surface area (Å²) in [6.45, 7) is 6.00. The lowest BCUT2D eigenvalue weighted by molar-refractivity contribution is -0.118. The van der Waals surface area contributed by atoms with Gasteiger partial charge in [-0.25, -0.2) is 4.79 Å². The molecule has 0 fully saturated rings. The number of hydrogen-bond acceptors (Lipinski definition) is 5. The van der Waals surface area contributed by atoms with E-state index in [-0.39, 0.29) is 30.7 Å². The molecule has 0 bridgehead atoms. The number of rotatable bonds is 5. The third kappa shape index (κ3) is 3.43. The van der Waals surface area contributed by atoms with Crippen LogP contribution in [0.15, 0.2) is 24.5 Å². The summed E-state index contributed by atoms with van der Waals surface area (Å²) >= 11 is 0. The summed E-state index contributed by atoms with van der Waals surface area (Å²) in [4.78, 5) is 26.6. The van der Waals surface area contributed by atoms with Crippen molar-refractivity contribution in [3.05, 3.63) is 35.8 Å². The fourth-order valence-corrected chi connectivity index (χ4v) is 3.14. The van der Waals surface area contributed by atoms with Crippen LogP contribution in [0.1, 0.15) is 35.9 Å². The normalized spacial score (nSPS) is 17.2. The van der Waals surface area contributed by atoms with Gasteiger partial charge in [0.25, 0.3) is 0 Å². The summed E-state index contributed by atoms with van der Waals surface area (Å²) in [5, 5.41) is 6.84. The van der Waals surface area contributed by atoms with Crippen LogP contribution in [0.25, 0.3) is 0 Å². The zero-order valence-corrected chi connectivity index (χ0v) is 14.7. The minimum atomic E-state index is -0.491. The number of carbonyl (C=O) groups is 2. The van der Waals surface area contributed by atoms with Crippen LogP contribution >= 0.6 is 0 Å². The fourth-order valence-electron chi connectivity index (χ4n) is 3.14. The van der Waals surface area contributed by atoms with Crippen LogP contribution in [0.3, 0.4) is 0 Å². The number of esters is 1. The summed E-state index contributed by atoms with van der Waals surface area (Å²) in [5.74, 6) is -0.312. The molecule has 0 spiro atoms. The second-order valence-corrected chi connectivity index (χ2v) is 6.07. The molecule has 0 saturated carbocycles. The Balaban J connectivity index is 1.68. The molecule has 1 aliphatic heterocycles. The second kappa shape index (κ2) is 7.10. The number of hydrogen-bond donors (Lipinski definition) is 1. The topological polar surface area (TPSA) is 81.4 Å². The fraction of sp³-hybridized carbons (Fsp3) is 0.471. The van der Waals surface area contributed by atoms with Gasteiger partial charge in [0.2, 0.25) is 5.91 Å². The van der Waals surface area contributed by atoms with Crippen molar-refractivity contribution in [3.63, 3.8) is 0 Å². The van der Waals surface area contributed by atoms with Gasteiger partial charge in [-0.3, -0.25) is 14.4 Å². The van der Waals surface area contributed by atoms with Crippen LogP contribution in [0.2, 0.25) is 0 Å². The Morgan fingerprint density at radius 3 is 2.96 bits per heavy atom. The maximum Gasteiger partial charge on any atom is 0.343 e. The van der Waals surface area contributed by atoms with Gasteiger partial charge in [0.05, 0.1) is 19.3 Å². The molecule has 8 nitrogen and oxygen atoms in total. The number of amides is 1. The molecule has 0 radical (unpaired) electrons. The Kier molecular flexibility index (Phi) is 4.89. The lowest BCUT2D eigenvalue weighted by atomic mass is 10.1. The first kappa shape index (κ1) is 17.2. The van der Waals surface area contributed by atoms with Crippen LogP contribution < -0.4 is 5.32 Å². The molecule has 3 rings (SSSR count). The Labute approximate surface area is 146 Å². The largest absolute Gasteiger partial charge is 0.462 e. The molecule has 2 aromatic rings. The van der Waals surface area contributed by atoms with Crippen molar-refractivity contribution < 1.29 is 14.3 Å². The van der Waals surface area contributed by atoms with E-state index in [4.69, 9.17) is 4.74 Å². The number of aromatic nitrogens is 3. The lowest BCUT2D eigenvalue weighted by Gasteiger charge is -2.34. The standard InChI is InChI=1S/C17H23N5O3/c1-4-25-17(24)13-10-18-20(3)16(13)19-15(23)11-22-9-8-21-7-5-6-14(21)12(22)2/h5-7,10,12H,4,8-9,11H2,1-3H3,(H,19,23)/t12-/m1/s1. The molecule has 1 amide bonds. The molecule has 134 valence electrons. The van der Waals surface area contributed by atoms with E-state index in [0.717, 1.165) is 13.1 Å². The van der Waals surface area contributed by atoms with Crippen molar-refractivity contribution in [3.8, 4) is 0 Å². The summed E-state index contributed by atoms with van der Waals surface area (Å²) in [5.41, 5.74) is 1.46. The van der Waals surface area contributed by atoms with E-state index in [2.05, 4.69) is 39.1 Å². The molecule has 2 aromatic heterocycles. The Hall–Kier alpha value is -2.61. The van der Waals surface area contributed by atoms with Gasteiger partial charge in [0.15, 0.2) is 0 Å². The zero-order chi connectivity index (χ0) is 18.0. The monoisotopic (exact) mass is 345 g/mol. The third-order valence-electron chi connectivity index (χ3n) is 4.51. The highest BCUT2D eigenvalue weighted by Gasteiger charge is 2.26. The van der Waals surface area contributed by atoms with Crippen molar-refractivity contribution >= 4 is 17.7 Å². The highest BCUT2D eigenvalue weighted by Crippen LogP contribution is 2.25. The molecule has 25 heavy (non-hydrogen) atoms. The van der Waals surface area contributed by atoms with Crippen LogP contribution in [0, 0.1) is 0 Å². The quantitative estimate of drug-likeness (QED) is 0.829. The van der Waals surface area contributed by atoms with Gasteiger partial charge in [-0.1, -0.05) is 0 Å². The average molecular weight is 345 g/mol. The molecule has 1 atom stereocenters. The van der Waals surface area contributed by atoms with Gasteiger partial charge in [0, 0.05) is 38.1 Å². The first-order valence-corrected chi connectivity index (χ1v) is 8.39. The maximum absolute atomic E-state index is 12.5. The van der Waals surface area contributed by atoms with Gasteiger partial charge < -0.3 is 14.6 Å². The van der Waals surface area contributed by atoms with Gasteiger partial charge in [-0.2, -0.15) is 5.10 Å². The lowest BCUT2D eigenvalue weighted by Crippen LogP contribution is -2.41. The highest BCUT2D eigenvalue weighted by molar-refractivity contribution is 6.00. The zero-order valence-electron chi connectivity index (χ0n) is 14.7. The summed E-state index contributed by atoms with van der Waals surface area (Å²) in [6.07, 6.45) is 3.47. The van der Waals surface area contributed by atoms with Gasteiger partial charge in [-0.05, 0) is 26.0 Å². The van der Waals surface area contributed by atoms with Crippen molar-refractivity contribution in [2.75, 3.05) is 25.0 Å². The molecular weight excluding hydrogens is 322 g/mol. The van der Waals surface area contributed by atoms with E-state index in [1.807, 2.05) is 6.07 Å². The molecule has 1 N–H and O–H groups in total. The Bertz CT molecular complexity index is 779. The molecule has 0 aliphatic carbocycles. The van der Waals surface area contributed by atoms with E-state index in [0.29, 0.717) is 5.82 Å². The van der Waals surface area contributed by atoms with Gasteiger partial charge in [0.1, 0.15) is 11.4 Å². The molecule has 0 saturated heterocycles. The average Bonchev–Trinajstić information content (AvgIpc) is 3.18.